The van der Waals surface area contributed by atoms with E-state index in [2.05, 4.69) is 49.3 Å². The molecule has 0 saturated heterocycles. The normalized spacial score (nSPS) is 20.5. The molecular formula is C26H29N3O2. The van der Waals surface area contributed by atoms with E-state index >= 15 is 0 Å². The SMILES string of the molecule is Cc1c(Cc2ccc(-c3cnn(C)c3)cc2)cc2c(c1C)CN(C1CCCC1O)C2=O. The lowest BCUT2D eigenvalue weighted by Gasteiger charge is -2.26. The van der Waals surface area contributed by atoms with Gasteiger partial charge < -0.3 is 10.0 Å². The van der Waals surface area contributed by atoms with E-state index in [0.717, 1.165) is 47.9 Å². The molecule has 2 aliphatic rings. The van der Waals surface area contributed by atoms with Gasteiger partial charge in [-0.1, -0.05) is 24.3 Å². The van der Waals surface area contributed by atoms with E-state index in [9.17, 15) is 9.90 Å². The minimum absolute atomic E-state index is 0.0388. The number of benzene rings is 2. The number of aliphatic hydroxyl groups is 1. The third-order valence-corrected chi connectivity index (χ3v) is 7.19. The van der Waals surface area contributed by atoms with E-state index in [-0.39, 0.29) is 11.9 Å². The Morgan fingerprint density at radius 2 is 1.87 bits per heavy atom. The third kappa shape index (κ3) is 3.47. The van der Waals surface area contributed by atoms with Crippen molar-refractivity contribution in [3.8, 4) is 11.1 Å². The summed E-state index contributed by atoms with van der Waals surface area (Å²) in [4.78, 5) is 15.1. The molecule has 2 aromatic carbocycles. The van der Waals surface area contributed by atoms with Crippen LogP contribution >= 0.6 is 0 Å². The maximum atomic E-state index is 13.2. The van der Waals surface area contributed by atoms with E-state index in [1.165, 1.54) is 22.3 Å². The average Bonchev–Trinajstić information content (AvgIpc) is 3.46. The van der Waals surface area contributed by atoms with Gasteiger partial charge in [0.25, 0.3) is 5.91 Å². The second-order valence-electron chi connectivity index (χ2n) is 9.09. The number of amides is 1. The van der Waals surface area contributed by atoms with Crippen LogP contribution < -0.4 is 0 Å². The van der Waals surface area contributed by atoms with E-state index in [1.807, 2.05) is 29.0 Å². The fourth-order valence-corrected chi connectivity index (χ4v) is 5.17. The number of nitrogens with zero attached hydrogens (tertiary/aromatic N) is 3. The van der Waals surface area contributed by atoms with Gasteiger partial charge in [-0.2, -0.15) is 5.10 Å². The molecule has 2 atom stereocenters. The van der Waals surface area contributed by atoms with Gasteiger partial charge >= 0.3 is 0 Å². The quantitative estimate of drug-likeness (QED) is 0.696. The Balaban J connectivity index is 1.41. The fraction of sp³-hybridized carbons (Fsp3) is 0.385. The van der Waals surface area contributed by atoms with Gasteiger partial charge in [0, 0.05) is 30.9 Å². The van der Waals surface area contributed by atoms with Crippen molar-refractivity contribution < 1.29 is 9.90 Å². The third-order valence-electron chi connectivity index (χ3n) is 7.19. The van der Waals surface area contributed by atoms with E-state index in [0.29, 0.717) is 6.54 Å². The smallest absolute Gasteiger partial charge is 0.254 e. The molecule has 31 heavy (non-hydrogen) atoms. The molecule has 0 spiro atoms. The first kappa shape index (κ1) is 20.0. The highest BCUT2D eigenvalue weighted by Crippen LogP contribution is 2.36. The minimum atomic E-state index is -0.391. The molecule has 5 rings (SSSR count). The second kappa shape index (κ2) is 7.65. The summed E-state index contributed by atoms with van der Waals surface area (Å²) in [5, 5.41) is 14.6. The van der Waals surface area contributed by atoms with Crippen molar-refractivity contribution in [1.82, 2.24) is 14.7 Å². The van der Waals surface area contributed by atoms with Gasteiger partial charge in [-0.05, 0) is 79.0 Å². The lowest BCUT2D eigenvalue weighted by atomic mass is 9.91. The fourth-order valence-electron chi connectivity index (χ4n) is 5.17. The van der Waals surface area contributed by atoms with Crippen molar-refractivity contribution in [2.45, 2.75) is 58.2 Å². The van der Waals surface area contributed by atoms with Crippen LogP contribution in [-0.2, 0) is 20.0 Å². The van der Waals surface area contributed by atoms with Gasteiger partial charge in [-0.25, -0.2) is 0 Å². The molecule has 1 aliphatic heterocycles. The van der Waals surface area contributed by atoms with Crippen molar-refractivity contribution in [2.75, 3.05) is 0 Å². The maximum absolute atomic E-state index is 13.2. The molecule has 1 N–H and O–H groups in total. The number of hydrogen-bond acceptors (Lipinski definition) is 3. The summed E-state index contributed by atoms with van der Waals surface area (Å²) in [6, 6.07) is 10.6. The van der Waals surface area contributed by atoms with Crippen LogP contribution in [-0.4, -0.2) is 37.8 Å². The van der Waals surface area contributed by atoms with Crippen LogP contribution in [0.5, 0.6) is 0 Å². The molecule has 1 aliphatic carbocycles. The lowest BCUT2D eigenvalue weighted by molar-refractivity contribution is 0.0479. The molecule has 0 radical (unpaired) electrons. The summed E-state index contributed by atoms with van der Waals surface area (Å²) in [5.41, 5.74) is 9.12. The van der Waals surface area contributed by atoms with Gasteiger partial charge in [0.15, 0.2) is 0 Å². The first-order valence-corrected chi connectivity index (χ1v) is 11.1. The molecule has 2 heterocycles. The van der Waals surface area contributed by atoms with Crippen molar-refractivity contribution in [1.29, 1.82) is 0 Å². The van der Waals surface area contributed by atoms with E-state index in [4.69, 9.17) is 0 Å². The molecule has 1 amide bonds. The number of hydrogen-bond donors (Lipinski definition) is 1. The molecule has 1 fully saturated rings. The van der Waals surface area contributed by atoms with Crippen LogP contribution in [0.2, 0.25) is 0 Å². The van der Waals surface area contributed by atoms with Crippen LogP contribution in [0, 0.1) is 13.8 Å². The summed E-state index contributed by atoms with van der Waals surface area (Å²) >= 11 is 0. The number of aromatic nitrogens is 2. The molecule has 3 aromatic rings. The van der Waals surface area contributed by atoms with Crippen molar-refractivity contribution in [3.63, 3.8) is 0 Å². The number of aliphatic hydroxyl groups excluding tert-OH is 1. The Morgan fingerprint density at radius 3 is 2.52 bits per heavy atom. The summed E-state index contributed by atoms with van der Waals surface area (Å²) in [6.45, 7) is 4.92. The molecule has 0 bridgehead atoms. The highest BCUT2D eigenvalue weighted by molar-refractivity contribution is 5.99. The largest absolute Gasteiger partial charge is 0.391 e. The monoisotopic (exact) mass is 415 g/mol. The lowest BCUT2D eigenvalue weighted by Crippen LogP contribution is -2.40. The minimum Gasteiger partial charge on any atom is -0.391 e. The Kier molecular flexibility index (Phi) is 4.94. The topological polar surface area (TPSA) is 58.4 Å². The summed E-state index contributed by atoms with van der Waals surface area (Å²) in [7, 11) is 1.92. The first-order chi connectivity index (χ1) is 14.9. The summed E-state index contributed by atoms with van der Waals surface area (Å²) < 4.78 is 1.81. The summed E-state index contributed by atoms with van der Waals surface area (Å²) in [6.07, 6.45) is 6.98. The zero-order valence-corrected chi connectivity index (χ0v) is 18.4. The van der Waals surface area contributed by atoms with Crippen LogP contribution in [0.15, 0.2) is 42.7 Å². The number of fused-ring (bicyclic) bond motifs is 1. The van der Waals surface area contributed by atoms with E-state index in [1.54, 1.807) is 0 Å². The van der Waals surface area contributed by atoms with Crippen LogP contribution in [0.3, 0.4) is 0 Å². The average molecular weight is 416 g/mol. The van der Waals surface area contributed by atoms with E-state index < -0.39 is 6.10 Å². The van der Waals surface area contributed by atoms with Crippen LogP contribution in [0.1, 0.15) is 57.4 Å². The Hall–Kier alpha value is -2.92. The van der Waals surface area contributed by atoms with Gasteiger partial charge in [0.2, 0.25) is 0 Å². The molecule has 5 heteroatoms. The number of aryl methyl sites for hydroxylation is 1. The van der Waals surface area contributed by atoms with Crippen LogP contribution in [0.4, 0.5) is 0 Å². The zero-order chi connectivity index (χ0) is 21.7. The zero-order valence-electron chi connectivity index (χ0n) is 18.4. The Bertz CT molecular complexity index is 1150. The molecule has 1 saturated carbocycles. The highest BCUT2D eigenvalue weighted by atomic mass is 16.3. The number of carbonyl (C=O) groups is 1. The standard InChI is InChI=1S/C26H29N3O2/c1-16-17(2)23-15-29(24-5-4-6-25(24)30)26(31)22(23)12-20(16)11-18-7-9-19(10-8-18)21-13-27-28(3)14-21/h7-10,12-14,24-25,30H,4-6,11,15H2,1-3H3. The van der Waals surface area contributed by atoms with Gasteiger partial charge in [-0.3, -0.25) is 9.48 Å². The van der Waals surface area contributed by atoms with Crippen molar-refractivity contribution >= 4 is 5.91 Å². The van der Waals surface area contributed by atoms with Crippen molar-refractivity contribution in [2.24, 2.45) is 7.05 Å². The predicted molar refractivity (Wildman–Crippen MR) is 121 cm³/mol. The van der Waals surface area contributed by atoms with Crippen LogP contribution in [0.25, 0.3) is 11.1 Å². The predicted octanol–water partition coefficient (Wildman–Crippen LogP) is 4.16. The first-order valence-electron chi connectivity index (χ1n) is 11.1. The molecule has 2 unspecified atom stereocenters. The highest BCUT2D eigenvalue weighted by Gasteiger charge is 2.39. The van der Waals surface area contributed by atoms with Crippen molar-refractivity contribution in [3.05, 3.63) is 76.1 Å². The molecule has 1 aromatic heterocycles. The number of carbonyl (C=O) groups excluding carboxylic acids is 1. The summed E-state index contributed by atoms with van der Waals surface area (Å²) in [5.74, 6) is 0.0808. The maximum Gasteiger partial charge on any atom is 0.254 e. The Morgan fingerprint density at radius 1 is 1.10 bits per heavy atom. The van der Waals surface area contributed by atoms with Gasteiger partial charge in [-0.15, -0.1) is 0 Å². The number of rotatable bonds is 4. The molecular weight excluding hydrogens is 386 g/mol. The molecule has 160 valence electrons. The molecule has 5 nitrogen and oxygen atoms in total. The van der Waals surface area contributed by atoms with Gasteiger partial charge in [0.05, 0.1) is 18.3 Å². The second-order valence-corrected chi connectivity index (χ2v) is 9.09. The Labute approximate surface area is 183 Å². The van der Waals surface area contributed by atoms with Gasteiger partial charge in [0.1, 0.15) is 0 Å².